The number of fused-ring (bicyclic) bond motifs is 1. The van der Waals surface area contributed by atoms with E-state index in [1.807, 2.05) is 42.5 Å². The Labute approximate surface area is 114 Å². The number of rotatable bonds is 1. The summed E-state index contributed by atoms with van der Waals surface area (Å²) in [5.41, 5.74) is 5.81. The highest BCUT2D eigenvalue weighted by molar-refractivity contribution is 6.32. The standard InChI is InChI=1S/C14H10ClN3O/c15-11-8-18(14(19)17-13(11)16)12-7-3-5-9-4-1-2-6-10(9)12/h1-8H,(H2,16,17,19). The molecule has 2 N–H and O–H groups in total. The fourth-order valence-electron chi connectivity index (χ4n) is 2.04. The van der Waals surface area contributed by atoms with Gasteiger partial charge in [-0.25, -0.2) is 4.79 Å². The van der Waals surface area contributed by atoms with Gasteiger partial charge in [-0.15, -0.1) is 0 Å². The monoisotopic (exact) mass is 271 g/mol. The van der Waals surface area contributed by atoms with Crippen molar-refractivity contribution >= 4 is 28.2 Å². The largest absolute Gasteiger partial charge is 0.382 e. The molecular weight excluding hydrogens is 262 g/mol. The molecule has 0 fully saturated rings. The van der Waals surface area contributed by atoms with Crippen LogP contribution in [-0.2, 0) is 0 Å². The van der Waals surface area contributed by atoms with E-state index in [1.165, 1.54) is 10.8 Å². The molecule has 2 aromatic carbocycles. The summed E-state index contributed by atoms with van der Waals surface area (Å²) in [6, 6.07) is 13.5. The molecule has 19 heavy (non-hydrogen) atoms. The first-order valence-electron chi connectivity index (χ1n) is 5.69. The molecule has 0 radical (unpaired) electrons. The molecule has 3 rings (SSSR count). The maximum Gasteiger partial charge on any atom is 0.354 e. The lowest BCUT2D eigenvalue weighted by Crippen LogP contribution is -2.22. The number of anilines is 1. The minimum absolute atomic E-state index is 0.0446. The second-order valence-corrected chi connectivity index (χ2v) is 4.53. The third kappa shape index (κ3) is 1.96. The molecule has 0 aliphatic carbocycles. The number of nitrogens with two attached hydrogens (primary N) is 1. The third-order valence-corrected chi connectivity index (χ3v) is 3.23. The first-order valence-corrected chi connectivity index (χ1v) is 6.07. The SMILES string of the molecule is Nc1nc(=O)n(-c2cccc3ccccc23)cc1Cl. The van der Waals surface area contributed by atoms with Crippen LogP contribution in [0.25, 0.3) is 16.5 Å². The van der Waals surface area contributed by atoms with Gasteiger partial charge in [0, 0.05) is 11.6 Å². The molecule has 0 aliphatic rings. The van der Waals surface area contributed by atoms with Crippen LogP contribution >= 0.6 is 11.6 Å². The Hall–Kier alpha value is -2.33. The van der Waals surface area contributed by atoms with Gasteiger partial charge in [0.05, 0.1) is 10.7 Å². The van der Waals surface area contributed by atoms with Crippen LogP contribution in [0.3, 0.4) is 0 Å². The molecule has 0 bridgehead atoms. The zero-order valence-electron chi connectivity index (χ0n) is 9.88. The van der Waals surface area contributed by atoms with Crippen LogP contribution in [0.4, 0.5) is 5.82 Å². The Morgan fingerprint density at radius 2 is 1.84 bits per heavy atom. The van der Waals surface area contributed by atoms with Gasteiger partial charge in [0.1, 0.15) is 5.82 Å². The van der Waals surface area contributed by atoms with Gasteiger partial charge < -0.3 is 5.73 Å². The average molecular weight is 272 g/mol. The zero-order valence-corrected chi connectivity index (χ0v) is 10.6. The number of aromatic nitrogens is 2. The van der Waals surface area contributed by atoms with Crippen molar-refractivity contribution < 1.29 is 0 Å². The highest BCUT2D eigenvalue weighted by atomic mass is 35.5. The Morgan fingerprint density at radius 1 is 1.11 bits per heavy atom. The van der Waals surface area contributed by atoms with Crippen LogP contribution in [0.1, 0.15) is 0 Å². The first kappa shape index (κ1) is 11.7. The molecule has 0 saturated heterocycles. The van der Waals surface area contributed by atoms with E-state index in [0.29, 0.717) is 0 Å². The second-order valence-electron chi connectivity index (χ2n) is 4.12. The van der Waals surface area contributed by atoms with Crippen molar-refractivity contribution in [3.05, 3.63) is 64.2 Å². The molecule has 4 nitrogen and oxygen atoms in total. The molecule has 0 amide bonds. The van der Waals surface area contributed by atoms with Crippen molar-refractivity contribution in [2.24, 2.45) is 0 Å². The Bertz CT molecular complexity index is 821. The quantitative estimate of drug-likeness (QED) is 0.740. The molecule has 0 spiro atoms. The highest BCUT2D eigenvalue weighted by Crippen LogP contribution is 2.22. The van der Waals surface area contributed by atoms with Gasteiger partial charge >= 0.3 is 5.69 Å². The predicted octanol–water partition coefficient (Wildman–Crippen LogP) is 2.62. The lowest BCUT2D eigenvalue weighted by atomic mass is 10.1. The third-order valence-electron chi connectivity index (χ3n) is 2.94. The summed E-state index contributed by atoms with van der Waals surface area (Å²) in [5.74, 6) is 0.0446. The van der Waals surface area contributed by atoms with Gasteiger partial charge in [-0.1, -0.05) is 48.0 Å². The van der Waals surface area contributed by atoms with Crippen molar-refractivity contribution in [2.75, 3.05) is 5.73 Å². The van der Waals surface area contributed by atoms with E-state index < -0.39 is 5.69 Å². The number of nitrogen functional groups attached to an aromatic ring is 1. The second kappa shape index (κ2) is 4.40. The summed E-state index contributed by atoms with van der Waals surface area (Å²) in [6.45, 7) is 0. The molecule has 5 heteroatoms. The fourth-order valence-corrected chi connectivity index (χ4v) is 2.18. The van der Waals surface area contributed by atoms with E-state index in [4.69, 9.17) is 17.3 Å². The normalized spacial score (nSPS) is 10.8. The molecule has 1 aromatic heterocycles. The Morgan fingerprint density at radius 3 is 2.68 bits per heavy atom. The van der Waals surface area contributed by atoms with Crippen LogP contribution in [0.5, 0.6) is 0 Å². The minimum atomic E-state index is -0.446. The molecule has 0 atom stereocenters. The summed E-state index contributed by atoms with van der Waals surface area (Å²) in [6.07, 6.45) is 1.49. The molecule has 0 aliphatic heterocycles. The van der Waals surface area contributed by atoms with Gasteiger partial charge in [0.25, 0.3) is 0 Å². The van der Waals surface area contributed by atoms with Crippen molar-refractivity contribution in [3.63, 3.8) is 0 Å². The molecule has 0 unspecified atom stereocenters. The number of hydrogen-bond acceptors (Lipinski definition) is 3. The Kier molecular flexibility index (Phi) is 2.72. The van der Waals surface area contributed by atoms with E-state index in [1.54, 1.807) is 0 Å². The summed E-state index contributed by atoms with van der Waals surface area (Å²) in [7, 11) is 0. The fraction of sp³-hybridized carbons (Fsp3) is 0. The van der Waals surface area contributed by atoms with Crippen LogP contribution in [0.15, 0.2) is 53.5 Å². The highest BCUT2D eigenvalue weighted by Gasteiger charge is 2.08. The van der Waals surface area contributed by atoms with Crippen LogP contribution in [0.2, 0.25) is 5.02 Å². The summed E-state index contributed by atoms with van der Waals surface area (Å²) in [5, 5.41) is 2.25. The van der Waals surface area contributed by atoms with Crippen molar-refractivity contribution in [2.45, 2.75) is 0 Å². The lowest BCUT2D eigenvalue weighted by molar-refractivity contribution is 0.926. The molecule has 94 valence electrons. The predicted molar refractivity (Wildman–Crippen MR) is 76.8 cm³/mol. The summed E-state index contributed by atoms with van der Waals surface area (Å²) >= 11 is 5.94. The maximum absolute atomic E-state index is 11.9. The van der Waals surface area contributed by atoms with Gasteiger partial charge in [-0.2, -0.15) is 4.98 Å². The van der Waals surface area contributed by atoms with Crippen LogP contribution in [0, 0.1) is 0 Å². The molecule has 3 aromatic rings. The minimum Gasteiger partial charge on any atom is -0.382 e. The smallest absolute Gasteiger partial charge is 0.354 e. The van der Waals surface area contributed by atoms with Gasteiger partial charge in [0.15, 0.2) is 0 Å². The zero-order chi connectivity index (χ0) is 13.4. The topological polar surface area (TPSA) is 60.9 Å². The summed E-state index contributed by atoms with van der Waals surface area (Å²) < 4.78 is 1.40. The number of hydrogen-bond donors (Lipinski definition) is 1. The van der Waals surface area contributed by atoms with E-state index in [2.05, 4.69) is 4.98 Å². The molecule has 0 saturated carbocycles. The van der Waals surface area contributed by atoms with E-state index in [9.17, 15) is 4.79 Å². The van der Waals surface area contributed by atoms with Crippen molar-refractivity contribution in [1.82, 2.24) is 9.55 Å². The summed E-state index contributed by atoms with van der Waals surface area (Å²) in [4.78, 5) is 15.7. The van der Waals surface area contributed by atoms with Crippen LogP contribution in [-0.4, -0.2) is 9.55 Å². The Balaban J connectivity index is 2.37. The average Bonchev–Trinajstić information content (AvgIpc) is 2.42. The van der Waals surface area contributed by atoms with E-state index in [0.717, 1.165) is 16.5 Å². The first-order chi connectivity index (χ1) is 9.16. The molecular formula is C14H10ClN3O. The van der Waals surface area contributed by atoms with E-state index >= 15 is 0 Å². The van der Waals surface area contributed by atoms with Crippen molar-refractivity contribution in [1.29, 1.82) is 0 Å². The van der Waals surface area contributed by atoms with Crippen LogP contribution < -0.4 is 11.4 Å². The van der Waals surface area contributed by atoms with Gasteiger partial charge in [0.2, 0.25) is 0 Å². The van der Waals surface area contributed by atoms with Gasteiger partial charge in [-0.3, -0.25) is 4.57 Å². The lowest BCUT2D eigenvalue weighted by Gasteiger charge is -2.09. The molecule has 1 heterocycles. The number of halogens is 1. The number of nitrogens with zero attached hydrogens (tertiary/aromatic N) is 2. The van der Waals surface area contributed by atoms with Gasteiger partial charge in [-0.05, 0) is 11.5 Å². The van der Waals surface area contributed by atoms with E-state index in [-0.39, 0.29) is 10.8 Å². The number of benzene rings is 2. The van der Waals surface area contributed by atoms with Crippen molar-refractivity contribution in [3.8, 4) is 5.69 Å². The maximum atomic E-state index is 11.9.